The maximum Gasteiger partial charge on any atom is 0.416 e. The molecule has 6 nitrogen and oxygen atoms in total. The molecule has 5 rings (SSSR count). The van der Waals surface area contributed by atoms with Crippen molar-refractivity contribution >= 4 is 22.8 Å². The van der Waals surface area contributed by atoms with E-state index >= 15 is 0 Å². The highest BCUT2D eigenvalue weighted by Crippen LogP contribution is 2.59. The van der Waals surface area contributed by atoms with Crippen molar-refractivity contribution in [1.82, 2.24) is 15.5 Å². The van der Waals surface area contributed by atoms with Crippen LogP contribution in [0.15, 0.2) is 42.5 Å². The van der Waals surface area contributed by atoms with Gasteiger partial charge < -0.3 is 10.1 Å². The van der Waals surface area contributed by atoms with Gasteiger partial charge in [-0.2, -0.15) is 18.3 Å². The van der Waals surface area contributed by atoms with Crippen molar-refractivity contribution in [3.8, 4) is 0 Å². The van der Waals surface area contributed by atoms with Gasteiger partial charge in [-0.3, -0.25) is 14.7 Å². The molecule has 0 atom stereocenters. The maximum absolute atomic E-state index is 13.1. The molecule has 0 saturated heterocycles. The first kappa shape index (κ1) is 24.3. The number of halogens is 3. The van der Waals surface area contributed by atoms with Crippen molar-refractivity contribution in [2.75, 3.05) is 0 Å². The number of nitrogens with zero attached hydrogens (tertiary/aromatic N) is 1. The van der Waals surface area contributed by atoms with Crippen molar-refractivity contribution in [2.24, 2.45) is 11.3 Å². The third-order valence-electron chi connectivity index (χ3n) is 7.30. The van der Waals surface area contributed by atoms with Crippen LogP contribution >= 0.6 is 0 Å². The molecule has 1 heterocycles. The molecule has 0 radical (unpaired) electrons. The Balaban J connectivity index is 1.24. The van der Waals surface area contributed by atoms with E-state index < -0.39 is 11.7 Å². The minimum atomic E-state index is -4.38. The molecule has 3 aromatic rings. The number of aromatic amines is 1. The van der Waals surface area contributed by atoms with Crippen molar-refractivity contribution in [3.05, 3.63) is 64.8 Å². The predicted molar refractivity (Wildman–Crippen MR) is 127 cm³/mol. The second kappa shape index (κ2) is 8.94. The Hall–Kier alpha value is -3.36. The van der Waals surface area contributed by atoms with Gasteiger partial charge >= 0.3 is 12.1 Å². The number of carbonyl (C=O) groups excluding carboxylic acids is 2. The molecule has 190 valence electrons. The first-order valence-corrected chi connectivity index (χ1v) is 12.2. The molecule has 2 aliphatic rings. The summed E-state index contributed by atoms with van der Waals surface area (Å²) in [7, 11) is 0. The van der Waals surface area contributed by atoms with Crippen LogP contribution in [-0.4, -0.2) is 34.2 Å². The zero-order chi connectivity index (χ0) is 25.7. The number of hydrogen-bond donors (Lipinski definition) is 2. The van der Waals surface area contributed by atoms with Gasteiger partial charge in [0.25, 0.3) is 5.91 Å². The van der Waals surface area contributed by atoms with Crippen LogP contribution in [0, 0.1) is 11.3 Å². The van der Waals surface area contributed by atoms with E-state index in [2.05, 4.69) is 15.5 Å². The quantitative estimate of drug-likeness (QED) is 0.444. The van der Waals surface area contributed by atoms with Gasteiger partial charge in [-0.05, 0) is 80.7 Å². The first-order valence-electron chi connectivity index (χ1n) is 12.2. The lowest BCUT2D eigenvalue weighted by Gasteiger charge is -2.57. The van der Waals surface area contributed by atoms with Crippen molar-refractivity contribution in [1.29, 1.82) is 0 Å². The number of aromatic nitrogens is 2. The van der Waals surface area contributed by atoms with E-state index in [1.807, 2.05) is 32.0 Å². The molecule has 0 aliphatic heterocycles. The number of H-pyrrole nitrogens is 1. The molecule has 1 aromatic heterocycles. The van der Waals surface area contributed by atoms with Crippen LogP contribution in [0.4, 0.5) is 13.2 Å². The summed E-state index contributed by atoms with van der Waals surface area (Å²) in [6.45, 7) is 3.68. The Morgan fingerprint density at radius 2 is 1.81 bits per heavy atom. The minimum absolute atomic E-state index is 0.0217. The molecule has 9 heteroatoms. The molecule has 1 spiro atoms. The van der Waals surface area contributed by atoms with Crippen LogP contribution < -0.4 is 5.32 Å². The van der Waals surface area contributed by atoms with E-state index in [0.717, 1.165) is 43.4 Å². The maximum atomic E-state index is 13.1. The fourth-order valence-electron chi connectivity index (χ4n) is 5.64. The number of nitrogens with one attached hydrogen (secondary N) is 2. The molecule has 2 aromatic carbocycles. The fraction of sp³-hybridized carbons (Fsp3) is 0.444. The first-order chi connectivity index (χ1) is 17.0. The third-order valence-corrected chi connectivity index (χ3v) is 7.30. The topological polar surface area (TPSA) is 84.1 Å². The number of rotatable bonds is 6. The summed E-state index contributed by atoms with van der Waals surface area (Å²) in [6, 6.07) is 10.6. The summed E-state index contributed by atoms with van der Waals surface area (Å²) in [5.41, 5.74) is 1.91. The standard InChI is InChI=1S/C27H28F3N3O3/c1-15(2)36-25(35)18-11-26(12-18)13-20(14-26)31-24(34)23-22-17(4-3-5-21(22)32-33-23)10-16-6-8-19(9-7-16)27(28,29)30/h3-9,15,18,20H,10-14H2,1-2H3,(H,31,34)(H,32,33). The summed E-state index contributed by atoms with van der Waals surface area (Å²) < 4.78 is 44.0. The van der Waals surface area contributed by atoms with Crippen LogP contribution in [0.5, 0.6) is 0 Å². The lowest BCUT2D eigenvalue weighted by molar-refractivity contribution is -0.166. The predicted octanol–water partition coefficient (Wildman–Crippen LogP) is 5.41. The van der Waals surface area contributed by atoms with E-state index in [1.54, 1.807) is 0 Å². The second-order valence-electron chi connectivity index (χ2n) is 10.5. The number of ether oxygens (including phenoxy) is 1. The van der Waals surface area contributed by atoms with Gasteiger partial charge in [-0.25, -0.2) is 0 Å². The molecule has 36 heavy (non-hydrogen) atoms. The average molecular weight is 500 g/mol. The highest BCUT2D eigenvalue weighted by atomic mass is 19.4. The Morgan fingerprint density at radius 3 is 2.44 bits per heavy atom. The van der Waals surface area contributed by atoms with Gasteiger partial charge in [0.15, 0.2) is 5.69 Å². The highest BCUT2D eigenvalue weighted by molar-refractivity contribution is 6.06. The number of benzene rings is 2. The summed E-state index contributed by atoms with van der Waals surface area (Å²) in [5, 5.41) is 10.9. The average Bonchev–Trinajstić information content (AvgIpc) is 3.19. The Bertz CT molecular complexity index is 1280. The number of esters is 1. The van der Waals surface area contributed by atoms with Gasteiger partial charge in [0.1, 0.15) is 0 Å². The Kier molecular flexibility index (Phi) is 6.04. The summed E-state index contributed by atoms with van der Waals surface area (Å²) in [5.74, 6) is -0.463. The molecule has 2 fully saturated rings. The molecule has 1 amide bonds. The molecule has 2 N–H and O–H groups in total. The van der Waals surface area contributed by atoms with E-state index in [4.69, 9.17) is 4.74 Å². The van der Waals surface area contributed by atoms with Crippen molar-refractivity contribution in [3.63, 3.8) is 0 Å². The molecule has 0 unspecified atom stereocenters. The van der Waals surface area contributed by atoms with E-state index in [9.17, 15) is 22.8 Å². The second-order valence-corrected chi connectivity index (χ2v) is 10.5. The molecule has 2 aliphatic carbocycles. The third kappa shape index (κ3) is 4.70. The van der Waals surface area contributed by atoms with Gasteiger partial charge in [-0.15, -0.1) is 0 Å². The Morgan fingerprint density at radius 1 is 1.11 bits per heavy atom. The van der Waals surface area contributed by atoms with Gasteiger partial charge in [0.2, 0.25) is 0 Å². The number of carbonyl (C=O) groups is 2. The van der Waals surface area contributed by atoms with E-state index in [1.165, 1.54) is 12.1 Å². The SMILES string of the molecule is CC(C)OC(=O)C1CC2(CC(NC(=O)c3n[nH]c4cccc(Cc5ccc(C(F)(F)F)cc5)c34)C2)C1. The minimum Gasteiger partial charge on any atom is -0.463 e. The monoisotopic (exact) mass is 499 g/mol. The number of fused-ring (bicyclic) bond motifs is 1. The zero-order valence-corrected chi connectivity index (χ0v) is 20.1. The van der Waals surface area contributed by atoms with Crippen molar-refractivity contribution < 1.29 is 27.5 Å². The largest absolute Gasteiger partial charge is 0.463 e. The molecular formula is C27H28F3N3O3. The fourth-order valence-corrected chi connectivity index (χ4v) is 5.64. The molecule has 2 saturated carbocycles. The van der Waals surface area contributed by atoms with Gasteiger partial charge in [0, 0.05) is 11.4 Å². The summed E-state index contributed by atoms with van der Waals surface area (Å²) >= 11 is 0. The van der Waals surface area contributed by atoms with E-state index in [0.29, 0.717) is 22.9 Å². The van der Waals surface area contributed by atoms with Crippen LogP contribution in [0.1, 0.15) is 66.7 Å². The van der Waals surface area contributed by atoms with Crippen LogP contribution in [-0.2, 0) is 22.1 Å². The molecular weight excluding hydrogens is 471 g/mol. The number of hydrogen-bond acceptors (Lipinski definition) is 4. The molecule has 0 bridgehead atoms. The lowest BCUT2D eigenvalue weighted by atomic mass is 9.50. The Labute approximate surface area is 206 Å². The van der Waals surface area contributed by atoms with Crippen LogP contribution in [0.2, 0.25) is 0 Å². The van der Waals surface area contributed by atoms with Crippen molar-refractivity contribution in [2.45, 2.75) is 64.3 Å². The van der Waals surface area contributed by atoms with Crippen LogP contribution in [0.25, 0.3) is 10.9 Å². The summed E-state index contributed by atoms with van der Waals surface area (Å²) in [6.07, 6.45) is -0.880. The number of amides is 1. The van der Waals surface area contributed by atoms with E-state index in [-0.39, 0.29) is 41.0 Å². The lowest BCUT2D eigenvalue weighted by Crippen LogP contribution is -2.57. The zero-order valence-electron chi connectivity index (χ0n) is 20.1. The smallest absolute Gasteiger partial charge is 0.416 e. The van der Waals surface area contributed by atoms with Gasteiger partial charge in [-0.1, -0.05) is 24.3 Å². The normalized spacial score (nSPS) is 23.4. The van der Waals surface area contributed by atoms with Crippen LogP contribution in [0.3, 0.4) is 0 Å². The van der Waals surface area contributed by atoms with Gasteiger partial charge in [0.05, 0.1) is 23.1 Å². The number of alkyl halides is 3. The highest BCUT2D eigenvalue weighted by Gasteiger charge is 2.55. The summed E-state index contributed by atoms with van der Waals surface area (Å²) in [4.78, 5) is 25.2.